The molecule has 0 unspecified atom stereocenters. The molecule has 0 aliphatic carbocycles. The summed E-state index contributed by atoms with van der Waals surface area (Å²) in [7, 11) is 1.20. The van der Waals surface area contributed by atoms with Gasteiger partial charge in [-0.15, -0.1) is 11.3 Å². The van der Waals surface area contributed by atoms with Crippen molar-refractivity contribution in [3.8, 4) is 0 Å². The number of carboxylic acids is 1. The number of carbonyl (C=O) groups excluding carboxylic acids is 1. The van der Waals surface area contributed by atoms with Gasteiger partial charge in [0.25, 0.3) is 12.3 Å². The SMILES string of the molecule is CN(CC(F)F)C(=O)c1nc(C(=O)O)cs1. The van der Waals surface area contributed by atoms with Crippen LogP contribution in [0.25, 0.3) is 0 Å². The third-order valence-corrected chi connectivity index (χ3v) is 2.50. The van der Waals surface area contributed by atoms with E-state index in [9.17, 15) is 18.4 Å². The van der Waals surface area contributed by atoms with Gasteiger partial charge in [0.15, 0.2) is 10.7 Å². The van der Waals surface area contributed by atoms with Gasteiger partial charge < -0.3 is 10.0 Å². The van der Waals surface area contributed by atoms with Crippen LogP contribution in [-0.4, -0.2) is 46.9 Å². The Balaban J connectivity index is 2.76. The van der Waals surface area contributed by atoms with Gasteiger partial charge in [-0.25, -0.2) is 18.6 Å². The van der Waals surface area contributed by atoms with Crippen molar-refractivity contribution in [1.29, 1.82) is 0 Å². The van der Waals surface area contributed by atoms with Crippen molar-refractivity contribution in [2.75, 3.05) is 13.6 Å². The summed E-state index contributed by atoms with van der Waals surface area (Å²) < 4.78 is 24.0. The van der Waals surface area contributed by atoms with Gasteiger partial charge >= 0.3 is 5.97 Å². The first-order valence-corrected chi connectivity index (χ1v) is 5.02. The highest BCUT2D eigenvalue weighted by Crippen LogP contribution is 2.12. The first kappa shape index (κ1) is 12.5. The molecule has 0 bridgehead atoms. The molecule has 1 heterocycles. The molecule has 0 saturated carbocycles. The van der Waals surface area contributed by atoms with Crippen LogP contribution in [-0.2, 0) is 0 Å². The van der Waals surface area contributed by atoms with Crippen molar-refractivity contribution >= 4 is 23.2 Å². The second-order valence-corrected chi connectivity index (χ2v) is 3.78. The molecule has 1 N–H and O–H groups in total. The van der Waals surface area contributed by atoms with Gasteiger partial charge in [-0.3, -0.25) is 4.79 Å². The summed E-state index contributed by atoms with van der Waals surface area (Å²) in [5.41, 5.74) is -0.265. The molecule has 0 aliphatic rings. The van der Waals surface area contributed by atoms with Crippen LogP contribution in [0, 0.1) is 0 Å². The maximum absolute atomic E-state index is 12.0. The second-order valence-electron chi connectivity index (χ2n) is 2.92. The molecular formula is C8H8F2N2O3S. The molecule has 16 heavy (non-hydrogen) atoms. The monoisotopic (exact) mass is 250 g/mol. The Morgan fingerprint density at radius 1 is 1.62 bits per heavy atom. The third-order valence-electron chi connectivity index (χ3n) is 1.66. The summed E-state index contributed by atoms with van der Waals surface area (Å²) in [6.45, 7) is -0.708. The third kappa shape index (κ3) is 2.96. The molecular weight excluding hydrogens is 242 g/mol. The lowest BCUT2D eigenvalue weighted by molar-refractivity contribution is 0.0619. The van der Waals surface area contributed by atoms with Crippen molar-refractivity contribution in [3.05, 3.63) is 16.1 Å². The normalized spacial score (nSPS) is 10.5. The number of aromatic carboxylic acids is 1. The number of carbonyl (C=O) groups is 2. The van der Waals surface area contributed by atoms with Gasteiger partial charge in [0.2, 0.25) is 0 Å². The molecule has 88 valence electrons. The van der Waals surface area contributed by atoms with E-state index < -0.39 is 24.8 Å². The number of halogens is 2. The van der Waals surface area contributed by atoms with E-state index in [0.29, 0.717) is 0 Å². The van der Waals surface area contributed by atoms with Crippen LogP contribution in [0.4, 0.5) is 8.78 Å². The van der Waals surface area contributed by atoms with Crippen LogP contribution in [0.2, 0.25) is 0 Å². The molecule has 1 rings (SSSR count). The number of hydrogen-bond acceptors (Lipinski definition) is 4. The number of thiazole rings is 1. The minimum Gasteiger partial charge on any atom is -0.476 e. The zero-order valence-corrected chi connectivity index (χ0v) is 9.00. The Morgan fingerprint density at radius 2 is 2.25 bits per heavy atom. The molecule has 0 aliphatic heterocycles. The maximum Gasteiger partial charge on any atom is 0.355 e. The smallest absolute Gasteiger partial charge is 0.355 e. The molecule has 0 radical (unpaired) electrons. The van der Waals surface area contributed by atoms with Crippen LogP contribution in [0.1, 0.15) is 20.3 Å². The van der Waals surface area contributed by atoms with Gasteiger partial charge in [-0.2, -0.15) is 0 Å². The van der Waals surface area contributed by atoms with Gasteiger partial charge in [0.05, 0.1) is 6.54 Å². The highest BCUT2D eigenvalue weighted by atomic mass is 32.1. The Kier molecular flexibility index (Phi) is 3.88. The number of aromatic nitrogens is 1. The van der Waals surface area contributed by atoms with Gasteiger partial charge in [0.1, 0.15) is 0 Å². The van der Waals surface area contributed by atoms with Gasteiger partial charge in [-0.1, -0.05) is 0 Å². The molecule has 0 saturated heterocycles. The molecule has 0 fully saturated rings. The first-order chi connectivity index (χ1) is 7.41. The lowest BCUT2D eigenvalue weighted by atomic mass is 10.5. The maximum atomic E-state index is 12.0. The number of amides is 1. The molecule has 0 spiro atoms. The summed E-state index contributed by atoms with van der Waals surface area (Å²) >= 11 is 0.813. The highest BCUT2D eigenvalue weighted by molar-refractivity contribution is 7.11. The summed E-state index contributed by atoms with van der Waals surface area (Å²) in [6.07, 6.45) is -2.63. The van der Waals surface area contributed by atoms with E-state index in [2.05, 4.69) is 4.98 Å². The Hall–Kier alpha value is -1.57. The Morgan fingerprint density at radius 3 is 2.69 bits per heavy atom. The number of hydrogen-bond donors (Lipinski definition) is 1. The summed E-state index contributed by atoms with van der Waals surface area (Å²) in [5.74, 6) is -1.97. The first-order valence-electron chi connectivity index (χ1n) is 4.14. The predicted octanol–water partition coefficient (Wildman–Crippen LogP) is 1.18. The van der Waals surface area contributed by atoms with Crippen LogP contribution in [0.15, 0.2) is 5.38 Å². The summed E-state index contributed by atoms with van der Waals surface area (Å²) in [4.78, 5) is 26.3. The molecule has 1 aromatic heterocycles. The molecule has 0 aromatic carbocycles. The van der Waals surface area contributed by atoms with Crippen LogP contribution in [0.5, 0.6) is 0 Å². The van der Waals surface area contributed by atoms with E-state index >= 15 is 0 Å². The topological polar surface area (TPSA) is 70.5 Å². The van der Waals surface area contributed by atoms with Crippen molar-refractivity contribution in [3.63, 3.8) is 0 Å². The van der Waals surface area contributed by atoms with Crippen molar-refractivity contribution in [1.82, 2.24) is 9.88 Å². The molecule has 8 heteroatoms. The van der Waals surface area contributed by atoms with Gasteiger partial charge in [0, 0.05) is 12.4 Å². The minimum absolute atomic E-state index is 0.111. The fraction of sp³-hybridized carbons (Fsp3) is 0.375. The van der Waals surface area contributed by atoms with E-state index in [1.165, 1.54) is 12.4 Å². The molecule has 0 atom stereocenters. The number of alkyl halides is 2. The van der Waals surface area contributed by atoms with E-state index in [0.717, 1.165) is 16.2 Å². The lowest BCUT2D eigenvalue weighted by Gasteiger charge is -2.14. The van der Waals surface area contributed by atoms with Crippen LogP contribution in [0.3, 0.4) is 0 Å². The number of nitrogens with zero attached hydrogens (tertiary/aromatic N) is 2. The largest absolute Gasteiger partial charge is 0.476 e. The predicted molar refractivity (Wildman–Crippen MR) is 52.0 cm³/mol. The van der Waals surface area contributed by atoms with Gasteiger partial charge in [-0.05, 0) is 0 Å². The zero-order chi connectivity index (χ0) is 12.3. The molecule has 1 amide bonds. The quantitative estimate of drug-likeness (QED) is 0.871. The fourth-order valence-corrected chi connectivity index (χ4v) is 1.71. The Labute approximate surface area is 93.3 Å². The summed E-state index contributed by atoms with van der Waals surface area (Å²) in [5, 5.41) is 9.64. The van der Waals surface area contributed by atoms with E-state index in [4.69, 9.17) is 5.11 Å². The zero-order valence-electron chi connectivity index (χ0n) is 8.18. The standard InChI is InChI=1S/C8H8F2N2O3S/c1-12(2-5(9)10)7(13)6-11-4(3-16-6)8(14)15/h3,5H,2H2,1H3,(H,14,15). The average Bonchev–Trinajstić information content (AvgIpc) is 2.64. The molecule has 1 aromatic rings. The van der Waals surface area contributed by atoms with E-state index in [1.54, 1.807) is 0 Å². The average molecular weight is 250 g/mol. The van der Waals surface area contributed by atoms with E-state index in [1.807, 2.05) is 0 Å². The molecule has 5 nitrogen and oxygen atoms in total. The second kappa shape index (κ2) is 4.97. The highest BCUT2D eigenvalue weighted by Gasteiger charge is 2.20. The van der Waals surface area contributed by atoms with Crippen molar-refractivity contribution < 1.29 is 23.5 Å². The van der Waals surface area contributed by atoms with Crippen molar-refractivity contribution in [2.45, 2.75) is 6.43 Å². The lowest BCUT2D eigenvalue weighted by Crippen LogP contribution is -2.31. The van der Waals surface area contributed by atoms with E-state index in [-0.39, 0.29) is 10.7 Å². The number of carboxylic acid groups (broad SMARTS) is 1. The number of rotatable bonds is 4. The fourth-order valence-electron chi connectivity index (χ4n) is 0.923. The van der Waals surface area contributed by atoms with Crippen LogP contribution >= 0.6 is 11.3 Å². The summed E-state index contributed by atoms with van der Waals surface area (Å²) in [6, 6.07) is 0. The Bertz CT molecular complexity index is 408. The van der Waals surface area contributed by atoms with Crippen LogP contribution < -0.4 is 0 Å². The minimum atomic E-state index is -2.63. The van der Waals surface area contributed by atoms with Crippen molar-refractivity contribution in [2.24, 2.45) is 0 Å².